The van der Waals surface area contributed by atoms with Crippen LogP contribution < -0.4 is 10.1 Å². The maximum Gasteiger partial charge on any atom is 0.321 e. The van der Waals surface area contributed by atoms with Crippen LogP contribution in [0.2, 0.25) is 0 Å². The van der Waals surface area contributed by atoms with Gasteiger partial charge in [0.2, 0.25) is 0 Å². The normalized spacial score (nSPS) is 19.3. The molecule has 3 amide bonds. The molecular weight excluding hydrogens is 350 g/mol. The molecular formula is C19H27N3O5. The standard InChI is InChI=1S/C19H27N3O5/c1-5-27-16-9-13(17(23)21(3)4)6-7-15(16)20-19(26)22-10-12(2)8-14(11-22)18(24)25/h6-7,9,12,14H,5,8,10-11H2,1-4H3,(H,20,26)(H,24,25). The molecule has 1 aromatic carbocycles. The summed E-state index contributed by atoms with van der Waals surface area (Å²) in [5.74, 6) is -1.11. The SMILES string of the molecule is CCOc1cc(C(=O)N(C)C)ccc1NC(=O)N1CC(C)CC(C(=O)O)C1. The number of benzene rings is 1. The molecule has 0 aliphatic carbocycles. The Morgan fingerprint density at radius 3 is 2.59 bits per heavy atom. The highest BCUT2D eigenvalue weighted by Gasteiger charge is 2.32. The van der Waals surface area contributed by atoms with Crippen molar-refractivity contribution >= 4 is 23.6 Å². The van der Waals surface area contributed by atoms with Gasteiger partial charge in [0, 0.05) is 32.7 Å². The van der Waals surface area contributed by atoms with Crippen molar-refractivity contribution in [3.63, 3.8) is 0 Å². The van der Waals surface area contributed by atoms with E-state index < -0.39 is 11.9 Å². The van der Waals surface area contributed by atoms with Crippen LogP contribution in [0.3, 0.4) is 0 Å². The van der Waals surface area contributed by atoms with Gasteiger partial charge in [-0.2, -0.15) is 0 Å². The van der Waals surface area contributed by atoms with Crippen molar-refractivity contribution in [3.8, 4) is 5.75 Å². The Morgan fingerprint density at radius 2 is 2.00 bits per heavy atom. The summed E-state index contributed by atoms with van der Waals surface area (Å²) in [4.78, 5) is 39.1. The van der Waals surface area contributed by atoms with E-state index >= 15 is 0 Å². The van der Waals surface area contributed by atoms with Crippen molar-refractivity contribution in [2.45, 2.75) is 20.3 Å². The molecule has 27 heavy (non-hydrogen) atoms. The van der Waals surface area contributed by atoms with Gasteiger partial charge in [-0.05, 0) is 37.5 Å². The number of carbonyl (C=O) groups excluding carboxylic acids is 2. The number of amides is 3. The molecule has 1 aliphatic heterocycles. The number of carbonyl (C=O) groups is 3. The lowest BCUT2D eigenvalue weighted by molar-refractivity contribution is -0.143. The van der Waals surface area contributed by atoms with Crippen LogP contribution in [-0.4, -0.2) is 66.6 Å². The summed E-state index contributed by atoms with van der Waals surface area (Å²) in [7, 11) is 3.32. The number of ether oxygens (including phenoxy) is 1. The summed E-state index contributed by atoms with van der Waals surface area (Å²) in [6, 6.07) is 4.47. The van der Waals surface area contributed by atoms with Gasteiger partial charge in [-0.3, -0.25) is 9.59 Å². The predicted molar refractivity (Wildman–Crippen MR) is 101 cm³/mol. The van der Waals surface area contributed by atoms with Gasteiger partial charge < -0.3 is 25.0 Å². The van der Waals surface area contributed by atoms with Gasteiger partial charge in [0.25, 0.3) is 5.91 Å². The molecule has 1 saturated heterocycles. The van der Waals surface area contributed by atoms with Gasteiger partial charge in [0.15, 0.2) is 0 Å². The van der Waals surface area contributed by atoms with E-state index in [0.717, 1.165) is 0 Å². The van der Waals surface area contributed by atoms with E-state index in [9.17, 15) is 19.5 Å². The average Bonchev–Trinajstić information content (AvgIpc) is 2.62. The van der Waals surface area contributed by atoms with Gasteiger partial charge in [-0.25, -0.2) is 4.79 Å². The lowest BCUT2D eigenvalue weighted by atomic mass is 9.91. The minimum absolute atomic E-state index is 0.108. The molecule has 0 aromatic heterocycles. The van der Waals surface area contributed by atoms with Crippen LogP contribution in [0.5, 0.6) is 5.75 Å². The number of likely N-dealkylation sites (tertiary alicyclic amines) is 1. The Kier molecular flexibility index (Phi) is 6.65. The molecule has 2 N–H and O–H groups in total. The Labute approximate surface area is 159 Å². The molecule has 0 spiro atoms. The van der Waals surface area contributed by atoms with E-state index in [0.29, 0.717) is 36.6 Å². The van der Waals surface area contributed by atoms with E-state index in [1.165, 1.54) is 9.80 Å². The molecule has 2 unspecified atom stereocenters. The van der Waals surface area contributed by atoms with Crippen LogP contribution in [0.25, 0.3) is 0 Å². The molecule has 1 heterocycles. The van der Waals surface area contributed by atoms with E-state index in [1.54, 1.807) is 32.3 Å². The van der Waals surface area contributed by atoms with Crippen LogP contribution in [-0.2, 0) is 4.79 Å². The molecule has 2 atom stereocenters. The molecule has 2 rings (SSSR count). The third kappa shape index (κ3) is 5.12. The van der Waals surface area contributed by atoms with Crippen molar-refractivity contribution in [2.24, 2.45) is 11.8 Å². The fraction of sp³-hybridized carbons (Fsp3) is 0.526. The molecule has 1 fully saturated rings. The maximum absolute atomic E-state index is 12.7. The highest BCUT2D eigenvalue weighted by Crippen LogP contribution is 2.28. The number of carboxylic acid groups (broad SMARTS) is 1. The summed E-state index contributed by atoms with van der Waals surface area (Å²) in [6.07, 6.45) is 0.560. The number of anilines is 1. The number of piperidine rings is 1. The van der Waals surface area contributed by atoms with E-state index in [2.05, 4.69) is 5.32 Å². The number of carboxylic acids is 1. The average molecular weight is 377 g/mol. The topological polar surface area (TPSA) is 99.2 Å². The molecule has 0 saturated carbocycles. The largest absolute Gasteiger partial charge is 0.492 e. The molecule has 1 aromatic rings. The maximum atomic E-state index is 12.7. The Morgan fingerprint density at radius 1 is 1.30 bits per heavy atom. The van der Waals surface area contributed by atoms with Crippen LogP contribution in [0, 0.1) is 11.8 Å². The van der Waals surface area contributed by atoms with E-state index in [1.807, 2.05) is 13.8 Å². The first kappa shape index (κ1) is 20.5. The summed E-state index contributed by atoms with van der Waals surface area (Å²) in [5, 5.41) is 12.1. The van der Waals surface area contributed by atoms with Crippen molar-refractivity contribution in [2.75, 3.05) is 39.1 Å². The van der Waals surface area contributed by atoms with Crippen molar-refractivity contribution in [3.05, 3.63) is 23.8 Å². The lowest BCUT2D eigenvalue weighted by Gasteiger charge is -2.34. The van der Waals surface area contributed by atoms with Crippen molar-refractivity contribution in [1.82, 2.24) is 9.80 Å². The van der Waals surface area contributed by atoms with E-state index in [-0.39, 0.29) is 24.4 Å². The third-order valence-corrected chi connectivity index (χ3v) is 4.47. The lowest BCUT2D eigenvalue weighted by Crippen LogP contribution is -2.47. The first-order chi connectivity index (χ1) is 12.7. The van der Waals surface area contributed by atoms with Crippen LogP contribution in [0.1, 0.15) is 30.6 Å². The predicted octanol–water partition coefficient (Wildman–Crippen LogP) is 2.36. The third-order valence-electron chi connectivity index (χ3n) is 4.47. The second kappa shape index (κ2) is 8.75. The quantitative estimate of drug-likeness (QED) is 0.821. The number of nitrogens with one attached hydrogen (secondary N) is 1. The van der Waals surface area contributed by atoms with Gasteiger partial charge in [0.1, 0.15) is 5.75 Å². The van der Waals surface area contributed by atoms with Crippen molar-refractivity contribution < 1.29 is 24.2 Å². The number of rotatable bonds is 5. The van der Waals surface area contributed by atoms with Gasteiger partial charge >= 0.3 is 12.0 Å². The summed E-state index contributed by atoms with van der Waals surface area (Å²) < 4.78 is 5.58. The summed E-state index contributed by atoms with van der Waals surface area (Å²) in [5.41, 5.74) is 0.904. The first-order valence-corrected chi connectivity index (χ1v) is 9.00. The molecule has 0 bridgehead atoms. The minimum atomic E-state index is -0.888. The second-order valence-electron chi connectivity index (χ2n) is 7.05. The fourth-order valence-electron chi connectivity index (χ4n) is 3.18. The van der Waals surface area contributed by atoms with Crippen LogP contribution in [0.15, 0.2) is 18.2 Å². The number of aliphatic carboxylic acids is 1. The fourth-order valence-corrected chi connectivity index (χ4v) is 3.18. The Bertz CT molecular complexity index is 719. The van der Waals surface area contributed by atoms with Gasteiger partial charge in [-0.1, -0.05) is 6.92 Å². The molecule has 8 heteroatoms. The number of urea groups is 1. The highest BCUT2D eigenvalue weighted by molar-refractivity contribution is 5.97. The summed E-state index contributed by atoms with van der Waals surface area (Å²) >= 11 is 0. The monoisotopic (exact) mass is 377 g/mol. The van der Waals surface area contributed by atoms with E-state index in [4.69, 9.17) is 4.74 Å². The van der Waals surface area contributed by atoms with Crippen LogP contribution >= 0.6 is 0 Å². The second-order valence-corrected chi connectivity index (χ2v) is 7.05. The minimum Gasteiger partial charge on any atom is -0.492 e. The van der Waals surface area contributed by atoms with Gasteiger partial charge in [0.05, 0.1) is 18.2 Å². The summed E-state index contributed by atoms with van der Waals surface area (Å²) in [6.45, 7) is 4.80. The molecule has 1 aliphatic rings. The van der Waals surface area contributed by atoms with Crippen molar-refractivity contribution in [1.29, 1.82) is 0 Å². The highest BCUT2D eigenvalue weighted by atomic mass is 16.5. The zero-order valence-corrected chi connectivity index (χ0v) is 16.2. The molecule has 0 radical (unpaired) electrons. The number of hydrogen-bond acceptors (Lipinski definition) is 4. The zero-order valence-electron chi connectivity index (χ0n) is 16.2. The Hall–Kier alpha value is -2.77. The Balaban J connectivity index is 2.18. The smallest absolute Gasteiger partial charge is 0.321 e. The zero-order chi connectivity index (χ0) is 20.1. The van der Waals surface area contributed by atoms with Gasteiger partial charge in [-0.15, -0.1) is 0 Å². The molecule has 148 valence electrons. The number of hydrogen-bond donors (Lipinski definition) is 2. The molecule has 8 nitrogen and oxygen atoms in total. The van der Waals surface area contributed by atoms with Crippen LogP contribution in [0.4, 0.5) is 10.5 Å². The number of nitrogens with zero attached hydrogens (tertiary/aromatic N) is 2. The first-order valence-electron chi connectivity index (χ1n) is 9.00.